The van der Waals surface area contributed by atoms with E-state index in [1.165, 1.54) is 0 Å². The van der Waals surface area contributed by atoms with Crippen molar-refractivity contribution in [2.75, 3.05) is 19.0 Å². The van der Waals surface area contributed by atoms with Gasteiger partial charge < -0.3 is 15.2 Å². The predicted molar refractivity (Wildman–Crippen MR) is 60.3 cm³/mol. The summed E-state index contributed by atoms with van der Waals surface area (Å²) in [6.45, 7) is 4.06. The zero-order valence-electron chi connectivity index (χ0n) is 9.45. The summed E-state index contributed by atoms with van der Waals surface area (Å²) in [7, 11) is 1.61. The van der Waals surface area contributed by atoms with Gasteiger partial charge in [-0.15, -0.1) is 0 Å². The first-order valence-corrected chi connectivity index (χ1v) is 5.09. The second-order valence-corrected chi connectivity index (χ2v) is 3.46. The van der Waals surface area contributed by atoms with Gasteiger partial charge in [0.1, 0.15) is 0 Å². The average molecular weight is 210 g/mol. The van der Waals surface area contributed by atoms with Crippen LogP contribution in [0.1, 0.15) is 19.0 Å². The standard InChI is InChI=1S/C11H18N2O2/c1-4-9(7-14)13-10-5-8(2)12-6-11(10)15-3/h5-6,9,14H,4,7H2,1-3H3,(H,12,13). The van der Waals surface area contributed by atoms with Crippen LogP contribution in [0.3, 0.4) is 0 Å². The van der Waals surface area contributed by atoms with E-state index in [1.54, 1.807) is 13.3 Å². The van der Waals surface area contributed by atoms with Crippen molar-refractivity contribution in [3.8, 4) is 5.75 Å². The molecule has 1 aromatic heterocycles. The Labute approximate surface area is 90.3 Å². The van der Waals surface area contributed by atoms with E-state index in [0.717, 1.165) is 17.8 Å². The van der Waals surface area contributed by atoms with Crippen molar-refractivity contribution >= 4 is 5.69 Å². The highest BCUT2D eigenvalue weighted by Gasteiger charge is 2.08. The Morgan fingerprint density at radius 1 is 1.60 bits per heavy atom. The van der Waals surface area contributed by atoms with Gasteiger partial charge in [-0.2, -0.15) is 0 Å². The number of aryl methyl sites for hydroxylation is 1. The van der Waals surface area contributed by atoms with E-state index >= 15 is 0 Å². The van der Waals surface area contributed by atoms with Crippen LogP contribution in [0.2, 0.25) is 0 Å². The van der Waals surface area contributed by atoms with Crippen LogP contribution in [-0.4, -0.2) is 29.8 Å². The number of aromatic nitrogens is 1. The van der Waals surface area contributed by atoms with Crippen LogP contribution in [0.4, 0.5) is 5.69 Å². The second kappa shape index (κ2) is 5.56. The average Bonchev–Trinajstić information content (AvgIpc) is 2.26. The lowest BCUT2D eigenvalue weighted by Gasteiger charge is -2.17. The van der Waals surface area contributed by atoms with Gasteiger partial charge >= 0.3 is 0 Å². The maximum Gasteiger partial charge on any atom is 0.160 e. The number of ether oxygens (including phenoxy) is 1. The van der Waals surface area contributed by atoms with Crippen molar-refractivity contribution in [3.05, 3.63) is 18.0 Å². The van der Waals surface area contributed by atoms with E-state index in [9.17, 15) is 0 Å². The Morgan fingerprint density at radius 3 is 2.87 bits per heavy atom. The van der Waals surface area contributed by atoms with E-state index in [4.69, 9.17) is 9.84 Å². The van der Waals surface area contributed by atoms with E-state index < -0.39 is 0 Å². The summed E-state index contributed by atoms with van der Waals surface area (Å²) in [5.41, 5.74) is 1.80. The molecule has 0 spiro atoms. The fraction of sp³-hybridized carbons (Fsp3) is 0.545. The van der Waals surface area contributed by atoms with E-state index in [-0.39, 0.29) is 12.6 Å². The largest absolute Gasteiger partial charge is 0.493 e. The Balaban J connectivity index is 2.86. The third kappa shape index (κ3) is 3.09. The third-order valence-corrected chi connectivity index (χ3v) is 2.30. The molecule has 1 rings (SSSR count). The van der Waals surface area contributed by atoms with Gasteiger partial charge in [0.15, 0.2) is 5.75 Å². The molecule has 0 aliphatic heterocycles. The van der Waals surface area contributed by atoms with Crippen LogP contribution in [-0.2, 0) is 0 Å². The van der Waals surface area contributed by atoms with Crippen molar-refractivity contribution in [1.82, 2.24) is 4.98 Å². The molecule has 0 aromatic carbocycles. The molecule has 0 aliphatic carbocycles. The Hall–Kier alpha value is -1.29. The number of hydrogen-bond donors (Lipinski definition) is 2. The molecule has 15 heavy (non-hydrogen) atoms. The van der Waals surface area contributed by atoms with Gasteiger partial charge in [0.05, 0.1) is 25.6 Å². The number of nitrogens with zero attached hydrogens (tertiary/aromatic N) is 1. The first-order chi connectivity index (χ1) is 7.21. The number of nitrogens with one attached hydrogen (secondary N) is 1. The van der Waals surface area contributed by atoms with Gasteiger partial charge in [0, 0.05) is 11.7 Å². The van der Waals surface area contributed by atoms with Crippen LogP contribution >= 0.6 is 0 Å². The molecule has 1 atom stereocenters. The van der Waals surface area contributed by atoms with Gasteiger partial charge in [-0.1, -0.05) is 6.92 Å². The molecule has 0 fully saturated rings. The fourth-order valence-corrected chi connectivity index (χ4v) is 1.32. The summed E-state index contributed by atoms with van der Waals surface area (Å²) in [6, 6.07) is 1.97. The van der Waals surface area contributed by atoms with Gasteiger partial charge in [-0.3, -0.25) is 4.98 Å². The number of rotatable bonds is 5. The first kappa shape index (κ1) is 11.8. The number of pyridine rings is 1. The summed E-state index contributed by atoms with van der Waals surface area (Å²) in [6.07, 6.45) is 2.54. The number of hydrogen-bond acceptors (Lipinski definition) is 4. The number of aliphatic hydroxyl groups is 1. The molecule has 0 saturated carbocycles. The number of anilines is 1. The molecular formula is C11H18N2O2. The number of methoxy groups -OCH3 is 1. The topological polar surface area (TPSA) is 54.4 Å². The second-order valence-electron chi connectivity index (χ2n) is 3.46. The summed E-state index contributed by atoms with van der Waals surface area (Å²) >= 11 is 0. The van der Waals surface area contributed by atoms with Gasteiger partial charge in [-0.05, 0) is 19.4 Å². The third-order valence-electron chi connectivity index (χ3n) is 2.30. The normalized spacial score (nSPS) is 12.3. The lowest BCUT2D eigenvalue weighted by molar-refractivity contribution is 0.271. The van der Waals surface area contributed by atoms with Crippen molar-refractivity contribution < 1.29 is 9.84 Å². The Morgan fingerprint density at radius 2 is 2.33 bits per heavy atom. The molecule has 0 bridgehead atoms. The molecule has 0 saturated heterocycles. The molecule has 84 valence electrons. The SMILES string of the molecule is CCC(CO)Nc1cc(C)ncc1OC. The fourth-order valence-electron chi connectivity index (χ4n) is 1.32. The van der Waals surface area contributed by atoms with Gasteiger partial charge in [-0.25, -0.2) is 0 Å². The minimum atomic E-state index is 0.0562. The highest BCUT2D eigenvalue weighted by atomic mass is 16.5. The lowest BCUT2D eigenvalue weighted by Crippen LogP contribution is -2.23. The molecule has 4 heteroatoms. The minimum Gasteiger partial charge on any atom is -0.493 e. The van der Waals surface area contributed by atoms with Crippen molar-refractivity contribution in [1.29, 1.82) is 0 Å². The zero-order valence-corrected chi connectivity index (χ0v) is 9.45. The van der Waals surface area contributed by atoms with Gasteiger partial charge in [0.2, 0.25) is 0 Å². The maximum absolute atomic E-state index is 9.10. The highest BCUT2D eigenvalue weighted by Crippen LogP contribution is 2.24. The summed E-state index contributed by atoms with van der Waals surface area (Å²) in [4.78, 5) is 4.14. The molecule has 2 N–H and O–H groups in total. The molecular weight excluding hydrogens is 192 g/mol. The molecule has 0 aliphatic rings. The Bertz CT molecular complexity index is 311. The van der Waals surface area contributed by atoms with E-state index in [1.807, 2.05) is 19.9 Å². The van der Waals surface area contributed by atoms with Crippen molar-refractivity contribution in [2.24, 2.45) is 0 Å². The lowest BCUT2D eigenvalue weighted by atomic mass is 10.2. The van der Waals surface area contributed by atoms with Crippen LogP contribution in [0.15, 0.2) is 12.3 Å². The molecule has 0 radical (unpaired) electrons. The van der Waals surface area contributed by atoms with Crippen molar-refractivity contribution in [3.63, 3.8) is 0 Å². The minimum absolute atomic E-state index is 0.0562. The maximum atomic E-state index is 9.10. The molecule has 1 aromatic rings. The first-order valence-electron chi connectivity index (χ1n) is 5.09. The Kier molecular flexibility index (Phi) is 4.37. The van der Waals surface area contributed by atoms with E-state index in [2.05, 4.69) is 10.3 Å². The summed E-state index contributed by atoms with van der Waals surface area (Å²) in [5.74, 6) is 0.701. The zero-order chi connectivity index (χ0) is 11.3. The highest BCUT2D eigenvalue weighted by molar-refractivity contribution is 5.56. The van der Waals surface area contributed by atoms with Crippen LogP contribution in [0.5, 0.6) is 5.75 Å². The molecule has 4 nitrogen and oxygen atoms in total. The molecule has 1 heterocycles. The van der Waals surface area contributed by atoms with E-state index in [0.29, 0.717) is 5.75 Å². The quantitative estimate of drug-likeness (QED) is 0.774. The van der Waals surface area contributed by atoms with Crippen LogP contribution in [0, 0.1) is 6.92 Å². The molecule has 1 unspecified atom stereocenters. The summed E-state index contributed by atoms with van der Waals surface area (Å²) < 4.78 is 5.18. The van der Waals surface area contributed by atoms with Crippen LogP contribution in [0.25, 0.3) is 0 Å². The monoisotopic (exact) mass is 210 g/mol. The molecule has 0 amide bonds. The predicted octanol–water partition coefficient (Wildman–Crippen LogP) is 1.58. The smallest absolute Gasteiger partial charge is 0.160 e. The van der Waals surface area contributed by atoms with Gasteiger partial charge in [0.25, 0.3) is 0 Å². The summed E-state index contributed by atoms with van der Waals surface area (Å²) in [5, 5.41) is 12.3. The number of aliphatic hydroxyl groups excluding tert-OH is 1. The van der Waals surface area contributed by atoms with Crippen LogP contribution < -0.4 is 10.1 Å². The van der Waals surface area contributed by atoms with Crippen molar-refractivity contribution in [2.45, 2.75) is 26.3 Å².